The lowest BCUT2D eigenvalue weighted by atomic mass is 9.98. The third-order valence-electron chi connectivity index (χ3n) is 6.47. The number of hydrogen-bond acceptors (Lipinski definition) is 8. The average molecular weight is 518 g/mol. The fourth-order valence-electron chi connectivity index (χ4n) is 4.57. The topological polar surface area (TPSA) is 108 Å². The van der Waals surface area contributed by atoms with Crippen molar-refractivity contribution in [3.8, 4) is 11.5 Å². The Morgan fingerprint density at radius 1 is 1.11 bits per heavy atom. The lowest BCUT2D eigenvalue weighted by Crippen LogP contribution is -2.35. The lowest BCUT2D eigenvalue weighted by molar-refractivity contribution is 0.0286. The summed E-state index contributed by atoms with van der Waals surface area (Å²) in [5, 5.41) is 9.33. The minimum absolute atomic E-state index is 0.0117. The molecule has 3 aromatic heterocycles. The van der Waals surface area contributed by atoms with Crippen LogP contribution in [0.25, 0.3) is 16.6 Å². The number of ether oxygens (including phenoxy) is 3. The number of nitrogens with zero attached hydrogens (tertiary/aromatic N) is 5. The van der Waals surface area contributed by atoms with Crippen molar-refractivity contribution in [2.75, 3.05) is 20.2 Å². The number of pyridine rings is 2. The second-order valence-electron chi connectivity index (χ2n) is 10.5. The van der Waals surface area contributed by atoms with Crippen LogP contribution in [0.4, 0.5) is 4.79 Å². The highest BCUT2D eigenvalue weighted by atomic mass is 16.6. The molecular weight excluding hydrogens is 486 g/mol. The summed E-state index contributed by atoms with van der Waals surface area (Å²) in [4.78, 5) is 31.6. The van der Waals surface area contributed by atoms with E-state index >= 15 is 0 Å². The van der Waals surface area contributed by atoms with Crippen molar-refractivity contribution in [1.82, 2.24) is 24.5 Å². The van der Waals surface area contributed by atoms with Crippen LogP contribution in [-0.2, 0) is 11.3 Å². The fourth-order valence-corrected chi connectivity index (χ4v) is 4.57. The van der Waals surface area contributed by atoms with Crippen LogP contribution in [0, 0.1) is 5.92 Å². The monoisotopic (exact) mass is 517 g/mol. The number of likely N-dealkylation sites (tertiary alicyclic amines) is 1. The molecule has 1 unspecified atom stereocenters. The van der Waals surface area contributed by atoms with Gasteiger partial charge in [0.1, 0.15) is 23.7 Å². The summed E-state index contributed by atoms with van der Waals surface area (Å²) in [5.41, 5.74) is 1.41. The van der Waals surface area contributed by atoms with Crippen molar-refractivity contribution in [3.05, 3.63) is 60.2 Å². The van der Waals surface area contributed by atoms with Gasteiger partial charge in [-0.3, -0.25) is 14.2 Å². The zero-order valence-corrected chi connectivity index (χ0v) is 22.0. The van der Waals surface area contributed by atoms with E-state index in [4.69, 9.17) is 14.2 Å². The Hall–Kier alpha value is -4.21. The first-order chi connectivity index (χ1) is 18.2. The maximum Gasteiger partial charge on any atom is 0.410 e. The predicted octanol–water partition coefficient (Wildman–Crippen LogP) is 4.69. The maximum atomic E-state index is 13.1. The second-order valence-corrected chi connectivity index (χ2v) is 10.5. The van der Waals surface area contributed by atoms with Gasteiger partial charge >= 0.3 is 6.09 Å². The van der Waals surface area contributed by atoms with E-state index in [1.807, 2.05) is 39.0 Å². The number of benzene rings is 1. The van der Waals surface area contributed by atoms with Crippen molar-refractivity contribution >= 4 is 28.4 Å². The molecule has 1 saturated heterocycles. The number of Topliss-reactive ketones (excluding diaryl/α,β-unsaturated/α-hetero) is 1. The normalized spacial score (nSPS) is 15.7. The van der Waals surface area contributed by atoms with Crippen LogP contribution in [-0.4, -0.2) is 62.2 Å². The van der Waals surface area contributed by atoms with E-state index in [2.05, 4.69) is 15.2 Å². The molecule has 0 aliphatic carbocycles. The van der Waals surface area contributed by atoms with Crippen LogP contribution in [0.1, 0.15) is 49.8 Å². The SMILES string of the molecule is COc1ccc2c(OCc3nnc4ccc(C(=O)CC5CCN(C(=O)OC(C)(C)C)C5)cn34)ccnc2c1. The molecule has 0 bridgehead atoms. The third kappa shape index (κ3) is 5.53. The molecule has 4 aromatic rings. The zero-order valence-electron chi connectivity index (χ0n) is 22.0. The molecule has 10 heteroatoms. The van der Waals surface area contributed by atoms with Gasteiger partial charge in [-0.15, -0.1) is 10.2 Å². The summed E-state index contributed by atoms with van der Waals surface area (Å²) in [7, 11) is 1.61. The van der Waals surface area contributed by atoms with Gasteiger partial charge in [0.25, 0.3) is 0 Å². The van der Waals surface area contributed by atoms with Crippen LogP contribution in [0.15, 0.2) is 48.8 Å². The van der Waals surface area contributed by atoms with Gasteiger partial charge in [0.2, 0.25) is 0 Å². The summed E-state index contributed by atoms with van der Waals surface area (Å²) < 4.78 is 18.6. The summed E-state index contributed by atoms with van der Waals surface area (Å²) in [5.74, 6) is 2.06. The first kappa shape index (κ1) is 25.4. The Labute approximate surface area is 220 Å². The van der Waals surface area contributed by atoms with E-state index in [9.17, 15) is 9.59 Å². The zero-order chi connectivity index (χ0) is 26.9. The number of rotatable bonds is 7. The van der Waals surface area contributed by atoms with Crippen LogP contribution in [0.5, 0.6) is 11.5 Å². The smallest absolute Gasteiger partial charge is 0.410 e. The van der Waals surface area contributed by atoms with Crippen molar-refractivity contribution in [2.45, 2.75) is 45.8 Å². The molecule has 1 amide bonds. The van der Waals surface area contributed by atoms with Crippen LogP contribution in [0.3, 0.4) is 0 Å². The first-order valence-corrected chi connectivity index (χ1v) is 12.6. The van der Waals surface area contributed by atoms with Crippen molar-refractivity contribution in [1.29, 1.82) is 0 Å². The number of aromatic nitrogens is 4. The Morgan fingerprint density at radius 2 is 1.95 bits per heavy atom. The maximum absolute atomic E-state index is 13.1. The Kier molecular flexibility index (Phi) is 6.88. The quantitative estimate of drug-likeness (QED) is 0.325. The molecule has 1 aliphatic rings. The van der Waals surface area contributed by atoms with E-state index < -0.39 is 5.60 Å². The number of carbonyl (C=O) groups excluding carboxylic acids is 2. The highest BCUT2D eigenvalue weighted by Crippen LogP contribution is 2.28. The molecule has 0 spiro atoms. The molecule has 1 aromatic carbocycles. The number of methoxy groups -OCH3 is 1. The van der Waals surface area contributed by atoms with E-state index in [1.54, 1.807) is 47.0 Å². The van der Waals surface area contributed by atoms with Gasteiger partial charge in [-0.05, 0) is 63.4 Å². The largest absolute Gasteiger partial charge is 0.497 e. The Balaban J connectivity index is 1.26. The molecular formula is C28H31N5O5. The van der Waals surface area contributed by atoms with Crippen LogP contribution in [0.2, 0.25) is 0 Å². The summed E-state index contributed by atoms with van der Waals surface area (Å²) in [6.07, 6.45) is 4.23. The number of ketones is 1. The van der Waals surface area contributed by atoms with E-state index in [-0.39, 0.29) is 24.4 Å². The van der Waals surface area contributed by atoms with Gasteiger partial charge in [-0.25, -0.2) is 4.79 Å². The Morgan fingerprint density at radius 3 is 2.74 bits per heavy atom. The van der Waals surface area contributed by atoms with Gasteiger partial charge < -0.3 is 19.1 Å². The van der Waals surface area contributed by atoms with Crippen LogP contribution >= 0.6 is 0 Å². The molecule has 1 atom stereocenters. The molecule has 38 heavy (non-hydrogen) atoms. The van der Waals surface area contributed by atoms with Crippen molar-refractivity contribution in [3.63, 3.8) is 0 Å². The number of hydrogen-bond donors (Lipinski definition) is 0. The average Bonchev–Trinajstić information content (AvgIpc) is 3.52. The van der Waals surface area contributed by atoms with Gasteiger partial charge in [0.15, 0.2) is 17.3 Å². The molecule has 1 aliphatic heterocycles. The molecule has 0 N–H and O–H groups in total. The molecule has 4 heterocycles. The fraction of sp³-hybridized carbons (Fsp3) is 0.393. The number of carbonyl (C=O) groups is 2. The Bertz CT molecular complexity index is 1490. The third-order valence-corrected chi connectivity index (χ3v) is 6.47. The molecule has 0 radical (unpaired) electrons. The van der Waals surface area contributed by atoms with E-state index in [0.717, 1.165) is 23.1 Å². The van der Waals surface area contributed by atoms with Crippen molar-refractivity contribution < 1.29 is 23.8 Å². The summed E-state index contributed by atoms with van der Waals surface area (Å²) in [6.45, 7) is 6.81. The summed E-state index contributed by atoms with van der Waals surface area (Å²) in [6, 6.07) is 11.0. The molecule has 1 fully saturated rings. The van der Waals surface area contributed by atoms with Gasteiger partial charge in [-0.1, -0.05) is 0 Å². The number of fused-ring (bicyclic) bond motifs is 2. The molecule has 0 saturated carbocycles. The highest BCUT2D eigenvalue weighted by Gasteiger charge is 2.31. The highest BCUT2D eigenvalue weighted by molar-refractivity contribution is 5.96. The van der Waals surface area contributed by atoms with Gasteiger partial charge in [0.05, 0.1) is 12.6 Å². The predicted molar refractivity (Wildman–Crippen MR) is 140 cm³/mol. The van der Waals surface area contributed by atoms with E-state index in [0.29, 0.717) is 42.3 Å². The standard InChI is InChI=1S/C28H31N5O5/c1-28(2,3)38-27(35)32-12-10-18(15-32)13-23(34)19-5-8-25-30-31-26(33(25)16-19)17-37-24-9-11-29-22-14-20(36-4)6-7-21(22)24/h5-9,11,14,16,18H,10,12-13,15,17H2,1-4H3. The second kappa shape index (κ2) is 10.3. The molecule has 198 valence electrons. The minimum atomic E-state index is -0.543. The molecule has 10 nitrogen and oxygen atoms in total. The summed E-state index contributed by atoms with van der Waals surface area (Å²) >= 11 is 0. The molecule has 5 rings (SSSR count). The number of amides is 1. The minimum Gasteiger partial charge on any atom is -0.497 e. The first-order valence-electron chi connectivity index (χ1n) is 12.6. The van der Waals surface area contributed by atoms with E-state index in [1.165, 1.54) is 0 Å². The lowest BCUT2D eigenvalue weighted by Gasteiger charge is -2.24. The van der Waals surface area contributed by atoms with Crippen molar-refractivity contribution in [2.24, 2.45) is 5.92 Å². The van der Waals surface area contributed by atoms with Crippen LogP contribution < -0.4 is 9.47 Å². The van der Waals surface area contributed by atoms with Gasteiger partial charge in [-0.2, -0.15) is 0 Å². The van der Waals surface area contributed by atoms with Gasteiger partial charge in [0, 0.05) is 48.9 Å².